The standard InChI is InChI=1S/C21H38N4O4/c1-4-5-9-25(20(27)22-8-10-24(2)3)19(26)17-13-16-14-21(28-11-12-29-21)7-6-18(16)23-15-17/h16-18,23H,4-15H2,1-3H3,(H,22,27)/t16-,17-,18-/m1/s1. The van der Waals surface area contributed by atoms with E-state index in [2.05, 4.69) is 17.6 Å². The molecule has 8 nitrogen and oxygen atoms in total. The van der Waals surface area contributed by atoms with Gasteiger partial charge in [0.15, 0.2) is 5.79 Å². The van der Waals surface area contributed by atoms with Crippen molar-refractivity contribution in [2.45, 2.75) is 57.3 Å². The van der Waals surface area contributed by atoms with Gasteiger partial charge in [0.2, 0.25) is 5.91 Å². The van der Waals surface area contributed by atoms with Crippen LogP contribution in [0, 0.1) is 11.8 Å². The summed E-state index contributed by atoms with van der Waals surface area (Å²) >= 11 is 0. The highest BCUT2D eigenvalue weighted by Crippen LogP contribution is 2.42. The Labute approximate surface area is 174 Å². The topological polar surface area (TPSA) is 83.1 Å². The van der Waals surface area contributed by atoms with Crippen molar-refractivity contribution in [1.29, 1.82) is 0 Å². The fraction of sp³-hybridized carbons (Fsp3) is 0.905. The zero-order valence-electron chi connectivity index (χ0n) is 18.2. The number of amides is 3. The van der Waals surface area contributed by atoms with E-state index >= 15 is 0 Å². The number of imide groups is 1. The molecule has 3 aliphatic rings. The minimum Gasteiger partial charge on any atom is -0.348 e. The number of urea groups is 1. The van der Waals surface area contributed by atoms with Crippen LogP contribution in [-0.4, -0.2) is 87.1 Å². The lowest BCUT2D eigenvalue weighted by Gasteiger charge is -2.46. The van der Waals surface area contributed by atoms with E-state index in [-0.39, 0.29) is 17.9 Å². The first kappa shape index (κ1) is 22.5. The molecule has 0 unspecified atom stereocenters. The summed E-state index contributed by atoms with van der Waals surface area (Å²) in [6.45, 7) is 5.79. The fourth-order valence-electron chi connectivity index (χ4n) is 4.79. The van der Waals surface area contributed by atoms with Crippen LogP contribution >= 0.6 is 0 Å². The number of rotatable bonds is 7. The molecule has 1 saturated carbocycles. The molecule has 0 bridgehead atoms. The Balaban J connectivity index is 1.60. The summed E-state index contributed by atoms with van der Waals surface area (Å²) in [4.78, 5) is 29.4. The van der Waals surface area contributed by atoms with Gasteiger partial charge in [0.1, 0.15) is 0 Å². The highest BCUT2D eigenvalue weighted by molar-refractivity contribution is 5.95. The first-order valence-electron chi connectivity index (χ1n) is 11.2. The molecule has 2 aliphatic heterocycles. The zero-order chi connectivity index (χ0) is 20.9. The first-order valence-corrected chi connectivity index (χ1v) is 11.2. The summed E-state index contributed by atoms with van der Waals surface area (Å²) < 4.78 is 11.8. The van der Waals surface area contributed by atoms with Crippen LogP contribution in [0.3, 0.4) is 0 Å². The summed E-state index contributed by atoms with van der Waals surface area (Å²) in [6, 6.07) is 0.144. The number of hydrogen-bond donors (Lipinski definition) is 2. The van der Waals surface area contributed by atoms with E-state index in [9.17, 15) is 9.59 Å². The Kier molecular flexibility index (Phi) is 7.90. The first-order chi connectivity index (χ1) is 13.9. The van der Waals surface area contributed by atoms with Gasteiger partial charge < -0.3 is 25.0 Å². The summed E-state index contributed by atoms with van der Waals surface area (Å²) in [7, 11) is 3.93. The molecule has 0 aromatic carbocycles. The maximum absolute atomic E-state index is 13.3. The molecule has 2 heterocycles. The minimum atomic E-state index is -0.445. The van der Waals surface area contributed by atoms with Crippen molar-refractivity contribution in [2.24, 2.45) is 11.8 Å². The van der Waals surface area contributed by atoms with Crippen LogP contribution in [-0.2, 0) is 14.3 Å². The number of likely N-dealkylation sites (N-methyl/N-ethyl adjacent to an activating group) is 1. The van der Waals surface area contributed by atoms with E-state index in [0.29, 0.717) is 44.8 Å². The summed E-state index contributed by atoms with van der Waals surface area (Å²) in [6.07, 6.45) is 5.31. The second kappa shape index (κ2) is 10.2. The van der Waals surface area contributed by atoms with Crippen LogP contribution in [0.5, 0.6) is 0 Å². The van der Waals surface area contributed by atoms with Gasteiger partial charge in [-0.2, -0.15) is 0 Å². The van der Waals surface area contributed by atoms with Gasteiger partial charge in [0, 0.05) is 45.1 Å². The third kappa shape index (κ3) is 5.69. The van der Waals surface area contributed by atoms with E-state index in [1.165, 1.54) is 4.90 Å². The lowest BCUT2D eigenvalue weighted by Crippen LogP contribution is -2.57. The Hall–Kier alpha value is -1.22. The summed E-state index contributed by atoms with van der Waals surface area (Å²) in [5, 5.41) is 6.47. The van der Waals surface area contributed by atoms with Gasteiger partial charge in [-0.3, -0.25) is 9.69 Å². The van der Waals surface area contributed by atoms with Gasteiger partial charge in [0.25, 0.3) is 0 Å². The fourth-order valence-corrected chi connectivity index (χ4v) is 4.79. The SMILES string of the molecule is CCCCN(C(=O)NCCN(C)C)C(=O)[C@H]1CN[C@@H]2CCC3(C[C@H]2C1)OCCO3. The average molecular weight is 411 g/mol. The molecule has 166 valence electrons. The lowest BCUT2D eigenvalue weighted by atomic mass is 9.73. The number of carbonyl (C=O) groups excluding carboxylic acids is 2. The number of piperidine rings is 1. The van der Waals surface area contributed by atoms with E-state index in [0.717, 1.165) is 45.1 Å². The van der Waals surface area contributed by atoms with Gasteiger partial charge in [-0.15, -0.1) is 0 Å². The van der Waals surface area contributed by atoms with Crippen LogP contribution in [0.1, 0.15) is 45.4 Å². The number of nitrogens with zero attached hydrogens (tertiary/aromatic N) is 2. The average Bonchev–Trinajstić information content (AvgIpc) is 3.14. The Morgan fingerprint density at radius 1 is 1.21 bits per heavy atom. The van der Waals surface area contributed by atoms with Crippen molar-refractivity contribution < 1.29 is 19.1 Å². The van der Waals surface area contributed by atoms with Crippen molar-refractivity contribution in [3.8, 4) is 0 Å². The molecule has 2 saturated heterocycles. The third-order valence-electron chi connectivity index (χ3n) is 6.44. The zero-order valence-corrected chi connectivity index (χ0v) is 18.2. The molecule has 3 fully saturated rings. The monoisotopic (exact) mass is 410 g/mol. The number of ether oxygens (including phenoxy) is 2. The molecule has 2 N–H and O–H groups in total. The predicted octanol–water partition coefficient (Wildman–Crippen LogP) is 1.41. The number of fused-ring (bicyclic) bond motifs is 1. The number of carbonyl (C=O) groups is 2. The van der Waals surface area contributed by atoms with Crippen LogP contribution < -0.4 is 10.6 Å². The maximum atomic E-state index is 13.3. The van der Waals surface area contributed by atoms with Crippen LogP contribution in [0.25, 0.3) is 0 Å². The molecule has 3 atom stereocenters. The van der Waals surface area contributed by atoms with Gasteiger partial charge in [-0.1, -0.05) is 13.3 Å². The van der Waals surface area contributed by atoms with Crippen molar-refractivity contribution >= 4 is 11.9 Å². The maximum Gasteiger partial charge on any atom is 0.324 e. The second-order valence-electron chi connectivity index (χ2n) is 8.94. The molecule has 8 heteroatoms. The molecule has 1 aliphatic carbocycles. The highest BCUT2D eigenvalue weighted by atomic mass is 16.7. The van der Waals surface area contributed by atoms with Crippen molar-refractivity contribution in [3.63, 3.8) is 0 Å². The number of unbranched alkanes of at least 4 members (excludes halogenated alkanes) is 1. The smallest absolute Gasteiger partial charge is 0.324 e. The molecule has 3 rings (SSSR count). The van der Waals surface area contributed by atoms with E-state index in [1.807, 2.05) is 19.0 Å². The second-order valence-corrected chi connectivity index (χ2v) is 8.94. The van der Waals surface area contributed by atoms with Crippen molar-refractivity contribution in [2.75, 3.05) is 53.5 Å². The Morgan fingerprint density at radius 3 is 2.66 bits per heavy atom. The Bertz CT molecular complexity index is 565. The van der Waals surface area contributed by atoms with E-state index in [1.54, 1.807) is 0 Å². The van der Waals surface area contributed by atoms with Crippen LogP contribution in [0.2, 0.25) is 0 Å². The quantitative estimate of drug-likeness (QED) is 0.660. The molecule has 1 spiro atoms. The molecule has 0 aromatic heterocycles. The van der Waals surface area contributed by atoms with E-state index < -0.39 is 5.79 Å². The molecule has 3 amide bonds. The van der Waals surface area contributed by atoms with Gasteiger partial charge in [0.05, 0.1) is 19.1 Å². The van der Waals surface area contributed by atoms with Crippen LogP contribution in [0.15, 0.2) is 0 Å². The molecule has 29 heavy (non-hydrogen) atoms. The Morgan fingerprint density at radius 2 is 1.97 bits per heavy atom. The lowest BCUT2D eigenvalue weighted by molar-refractivity contribution is -0.195. The highest BCUT2D eigenvalue weighted by Gasteiger charge is 2.48. The minimum absolute atomic E-state index is 0.0559. The summed E-state index contributed by atoms with van der Waals surface area (Å²) in [5.41, 5.74) is 0. The van der Waals surface area contributed by atoms with E-state index in [4.69, 9.17) is 9.47 Å². The predicted molar refractivity (Wildman–Crippen MR) is 110 cm³/mol. The molecular weight excluding hydrogens is 372 g/mol. The molecule has 0 aromatic rings. The molecule has 0 radical (unpaired) electrons. The summed E-state index contributed by atoms with van der Waals surface area (Å²) in [5.74, 6) is -0.336. The van der Waals surface area contributed by atoms with Gasteiger partial charge >= 0.3 is 6.03 Å². The number of nitrogens with one attached hydrogen (secondary N) is 2. The van der Waals surface area contributed by atoms with Crippen molar-refractivity contribution in [3.05, 3.63) is 0 Å². The van der Waals surface area contributed by atoms with Gasteiger partial charge in [-0.25, -0.2) is 4.79 Å². The normalized spacial score (nSPS) is 28.3. The van der Waals surface area contributed by atoms with Crippen molar-refractivity contribution in [1.82, 2.24) is 20.4 Å². The van der Waals surface area contributed by atoms with Crippen LogP contribution in [0.4, 0.5) is 4.79 Å². The van der Waals surface area contributed by atoms with Gasteiger partial charge in [-0.05, 0) is 39.3 Å². The largest absolute Gasteiger partial charge is 0.348 e. The number of hydrogen-bond acceptors (Lipinski definition) is 6. The molecular formula is C21H38N4O4. The third-order valence-corrected chi connectivity index (χ3v) is 6.44.